The van der Waals surface area contributed by atoms with Crippen LogP contribution in [0.25, 0.3) is 0 Å². The van der Waals surface area contributed by atoms with Crippen LogP contribution in [0.4, 0.5) is 11.4 Å². The van der Waals surface area contributed by atoms with Crippen molar-refractivity contribution in [3.8, 4) is 5.88 Å². The first-order valence-corrected chi connectivity index (χ1v) is 6.40. The van der Waals surface area contributed by atoms with Crippen LogP contribution in [0.5, 0.6) is 5.88 Å². The number of nitrogens with zero attached hydrogens (tertiary/aromatic N) is 2. The summed E-state index contributed by atoms with van der Waals surface area (Å²) in [5.41, 5.74) is 1.43. The Bertz CT molecular complexity index is 678. The van der Waals surface area contributed by atoms with E-state index in [0.29, 0.717) is 12.1 Å². The second-order valence-electron chi connectivity index (χ2n) is 4.53. The first-order chi connectivity index (χ1) is 10.2. The minimum atomic E-state index is -0.418. The van der Waals surface area contributed by atoms with E-state index in [1.165, 1.54) is 13.2 Å². The molecule has 0 unspecified atom stereocenters. The Labute approximate surface area is 120 Å². The molecule has 1 fully saturated rings. The summed E-state index contributed by atoms with van der Waals surface area (Å²) in [6.45, 7) is 0.738. The largest absolute Gasteiger partial charge is 0.479 e. The van der Waals surface area contributed by atoms with Crippen molar-refractivity contribution in [1.29, 1.82) is 0 Å². The summed E-state index contributed by atoms with van der Waals surface area (Å²) in [6, 6.07) is 8.43. The number of aromatic nitrogens is 1. The highest BCUT2D eigenvalue weighted by atomic mass is 16.5. The lowest BCUT2D eigenvalue weighted by molar-refractivity contribution is -0.122. The second kappa shape index (κ2) is 5.28. The molecule has 7 heteroatoms. The number of methoxy groups -OCH3 is 1. The van der Waals surface area contributed by atoms with Gasteiger partial charge in [0.05, 0.1) is 13.2 Å². The van der Waals surface area contributed by atoms with Gasteiger partial charge in [-0.3, -0.25) is 9.59 Å². The van der Waals surface area contributed by atoms with Gasteiger partial charge in [-0.2, -0.15) is 0 Å². The molecule has 1 N–H and O–H groups in total. The van der Waals surface area contributed by atoms with E-state index < -0.39 is 5.91 Å². The second-order valence-corrected chi connectivity index (χ2v) is 4.53. The molecule has 2 heterocycles. The number of hydrogen-bond acceptors (Lipinski definition) is 5. The third kappa shape index (κ3) is 2.58. The van der Waals surface area contributed by atoms with Gasteiger partial charge in [-0.1, -0.05) is 0 Å². The first-order valence-electron chi connectivity index (χ1n) is 6.40. The fraction of sp³-hybridized carbons (Fsp3) is 0.214. The van der Waals surface area contributed by atoms with Crippen molar-refractivity contribution in [1.82, 2.24) is 5.16 Å². The normalized spacial score (nSPS) is 13.8. The molecule has 3 rings (SSSR count). The van der Waals surface area contributed by atoms with E-state index in [-0.39, 0.29) is 17.5 Å². The summed E-state index contributed by atoms with van der Waals surface area (Å²) in [5, 5.41) is 6.24. The summed E-state index contributed by atoms with van der Waals surface area (Å²) in [6.07, 6.45) is 0.589. The molecule has 1 aromatic carbocycles. The molecule has 2 aromatic rings. The monoisotopic (exact) mass is 287 g/mol. The third-order valence-electron chi connectivity index (χ3n) is 3.21. The molecule has 0 aliphatic carbocycles. The summed E-state index contributed by atoms with van der Waals surface area (Å²) >= 11 is 0. The predicted molar refractivity (Wildman–Crippen MR) is 74.4 cm³/mol. The minimum Gasteiger partial charge on any atom is -0.479 e. The van der Waals surface area contributed by atoms with E-state index >= 15 is 0 Å². The summed E-state index contributed by atoms with van der Waals surface area (Å²) < 4.78 is 9.70. The lowest BCUT2D eigenvalue weighted by atomic mass is 10.1. The highest BCUT2D eigenvalue weighted by molar-refractivity contribution is 6.03. The van der Waals surface area contributed by atoms with Crippen molar-refractivity contribution < 1.29 is 18.8 Å². The Balaban J connectivity index is 1.67. The van der Waals surface area contributed by atoms with Crippen LogP contribution < -0.4 is 15.0 Å². The number of carbonyl (C=O) groups is 2. The van der Waals surface area contributed by atoms with Crippen molar-refractivity contribution in [2.45, 2.75) is 6.42 Å². The van der Waals surface area contributed by atoms with Crippen molar-refractivity contribution in [2.24, 2.45) is 0 Å². The fourth-order valence-corrected chi connectivity index (χ4v) is 1.97. The van der Waals surface area contributed by atoms with Gasteiger partial charge in [0.15, 0.2) is 0 Å². The van der Waals surface area contributed by atoms with Crippen LogP contribution in [-0.2, 0) is 4.79 Å². The number of ether oxygens (including phenoxy) is 1. The highest BCUT2D eigenvalue weighted by Crippen LogP contribution is 2.23. The number of amides is 2. The molecule has 108 valence electrons. The Morgan fingerprint density at radius 2 is 2.14 bits per heavy atom. The number of nitrogens with one attached hydrogen (secondary N) is 1. The van der Waals surface area contributed by atoms with Crippen molar-refractivity contribution >= 4 is 23.2 Å². The summed E-state index contributed by atoms with van der Waals surface area (Å²) in [4.78, 5) is 24.9. The first kappa shape index (κ1) is 13.2. The van der Waals surface area contributed by atoms with Gasteiger partial charge in [0.2, 0.25) is 11.7 Å². The van der Waals surface area contributed by atoms with E-state index in [2.05, 4.69) is 10.5 Å². The number of rotatable bonds is 4. The Morgan fingerprint density at radius 1 is 1.38 bits per heavy atom. The van der Waals surface area contributed by atoms with Crippen LogP contribution >= 0.6 is 0 Å². The molecule has 1 aliphatic rings. The van der Waals surface area contributed by atoms with Crippen LogP contribution in [-0.4, -0.2) is 30.6 Å². The molecule has 0 radical (unpaired) electrons. The lowest BCUT2D eigenvalue weighted by Crippen LogP contribution is -2.43. The molecule has 1 aromatic heterocycles. The van der Waals surface area contributed by atoms with Gasteiger partial charge in [0, 0.05) is 24.3 Å². The Kier molecular flexibility index (Phi) is 3.31. The van der Waals surface area contributed by atoms with Gasteiger partial charge in [0.1, 0.15) is 0 Å². The fourth-order valence-electron chi connectivity index (χ4n) is 1.97. The number of hydrogen-bond donors (Lipinski definition) is 1. The van der Waals surface area contributed by atoms with Gasteiger partial charge in [-0.25, -0.2) is 0 Å². The minimum absolute atomic E-state index is 0.0637. The number of carbonyl (C=O) groups excluding carboxylic acids is 2. The molecule has 0 spiro atoms. The van der Waals surface area contributed by atoms with Gasteiger partial charge in [-0.05, 0) is 29.4 Å². The molecule has 1 aliphatic heterocycles. The third-order valence-corrected chi connectivity index (χ3v) is 3.21. The lowest BCUT2D eigenvalue weighted by Gasteiger charge is -2.30. The average molecular weight is 287 g/mol. The SMILES string of the molecule is COc1cc(C(=O)Nc2ccc(N3CCC3=O)cc2)on1. The maximum absolute atomic E-state index is 11.9. The van der Waals surface area contributed by atoms with E-state index in [4.69, 9.17) is 9.26 Å². The smallest absolute Gasteiger partial charge is 0.294 e. The molecular weight excluding hydrogens is 274 g/mol. The molecular formula is C14H13N3O4. The van der Waals surface area contributed by atoms with E-state index in [0.717, 1.165) is 12.2 Å². The maximum Gasteiger partial charge on any atom is 0.294 e. The highest BCUT2D eigenvalue weighted by Gasteiger charge is 2.24. The van der Waals surface area contributed by atoms with E-state index in [1.54, 1.807) is 29.2 Å². The van der Waals surface area contributed by atoms with Crippen LogP contribution in [0.1, 0.15) is 17.0 Å². The zero-order chi connectivity index (χ0) is 14.8. The number of anilines is 2. The summed E-state index contributed by atoms with van der Waals surface area (Å²) in [5.74, 6) is -0.000224. The predicted octanol–water partition coefficient (Wildman–Crippen LogP) is 1.67. The summed E-state index contributed by atoms with van der Waals surface area (Å²) in [7, 11) is 1.44. The number of benzene rings is 1. The molecule has 7 nitrogen and oxygen atoms in total. The van der Waals surface area contributed by atoms with Gasteiger partial charge >= 0.3 is 0 Å². The standard InChI is InChI=1S/C14H13N3O4/c1-20-12-8-11(21-16-12)14(19)15-9-2-4-10(5-3-9)17-7-6-13(17)18/h2-5,8H,6-7H2,1H3,(H,15,19). The zero-order valence-corrected chi connectivity index (χ0v) is 11.3. The van der Waals surface area contributed by atoms with E-state index in [9.17, 15) is 9.59 Å². The zero-order valence-electron chi connectivity index (χ0n) is 11.3. The van der Waals surface area contributed by atoms with Gasteiger partial charge in [0.25, 0.3) is 11.8 Å². The quantitative estimate of drug-likeness (QED) is 0.865. The van der Waals surface area contributed by atoms with Crippen molar-refractivity contribution in [3.63, 3.8) is 0 Å². The molecule has 0 atom stereocenters. The van der Waals surface area contributed by atoms with Crippen molar-refractivity contribution in [2.75, 3.05) is 23.9 Å². The Morgan fingerprint density at radius 3 is 2.67 bits per heavy atom. The van der Waals surface area contributed by atoms with Gasteiger partial charge in [-0.15, -0.1) is 0 Å². The van der Waals surface area contributed by atoms with E-state index in [1.807, 2.05) is 0 Å². The van der Waals surface area contributed by atoms with Crippen LogP contribution in [0.2, 0.25) is 0 Å². The van der Waals surface area contributed by atoms with Crippen LogP contribution in [0.15, 0.2) is 34.9 Å². The topological polar surface area (TPSA) is 84.7 Å². The van der Waals surface area contributed by atoms with Crippen LogP contribution in [0.3, 0.4) is 0 Å². The molecule has 2 amide bonds. The Hall–Kier alpha value is -2.83. The molecule has 0 saturated carbocycles. The maximum atomic E-state index is 11.9. The van der Waals surface area contributed by atoms with Crippen LogP contribution in [0, 0.1) is 0 Å². The van der Waals surface area contributed by atoms with Gasteiger partial charge < -0.3 is 19.5 Å². The average Bonchev–Trinajstić information content (AvgIpc) is 2.97. The number of β-lactam (4-membered cyclic amide) rings is 1. The molecule has 21 heavy (non-hydrogen) atoms. The molecule has 0 bridgehead atoms. The molecule has 1 saturated heterocycles. The van der Waals surface area contributed by atoms with Crippen molar-refractivity contribution in [3.05, 3.63) is 36.1 Å².